The summed E-state index contributed by atoms with van der Waals surface area (Å²) in [5.41, 5.74) is 2.81. The van der Waals surface area contributed by atoms with Crippen LogP contribution in [-0.4, -0.2) is 29.4 Å². The standard InChI is InChI=1S/C26H31FN3O2P/c1-17(26(30-31)29-21-9-11-22(12-10-21)33(2,3)32)18-4-6-19(7-5-18)23-14-15-28-25-13-8-20(27)16-24(23)25/h8-19,31H,4-7H2,1-3H3,(H,29,30)/t17-,18-,19+/m1/s1. The van der Waals surface area contributed by atoms with Crippen molar-refractivity contribution >= 4 is 34.9 Å². The first kappa shape index (κ1) is 23.4. The van der Waals surface area contributed by atoms with Crippen molar-refractivity contribution in [2.75, 3.05) is 18.6 Å². The van der Waals surface area contributed by atoms with Crippen LogP contribution in [0.1, 0.15) is 44.1 Å². The molecule has 0 spiro atoms. The highest BCUT2D eigenvalue weighted by molar-refractivity contribution is 7.70. The minimum atomic E-state index is -2.30. The van der Waals surface area contributed by atoms with Crippen LogP contribution in [0.2, 0.25) is 0 Å². The van der Waals surface area contributed by atoms with Gasteiger partial charge in [0.25, 0.3) is 0 Å². The van der Waals surface area contributed by atoms with E-state index in [9.17, 15) is 14.2 Å². The molecule has 5 nitrogen and oxygen atoms in total. The summed E-state index contributed by atoms with van der Waals surface area (Å²) in [6, 6.07) is 14.3. The molecule has 0 bridgehead atoms. The normalized spacial score (nSPS) is 20.5. The lowest BCUT2D eigenvalue weighted by Crippen LogP contribution is -2.30. The number of rotatable bonds is 5. The molecule has 1 saturated carbocycles. The number of hydrogen-bond acceptors (Lipinski definition) is 4. The summed E-state index contributed by atoms with van der Waals surface area (Å²) in [5.74, 6) is 1.12. The molecule has 7 heteroatoms. The second-order valence-electron chi connectivity index (χ2n) is 9.47. The highest BCUT2D eigenvalue weighted by Gasteiger charge is 2.30. The van der Waals surface area contributed by atoms with Crippen molar-refractivity contribution in [1.29, 1.82) is 0 Å². The van der Waals surface area contributed by atoms with Crippen LogP contribution in [0.3, 0.4) is 0 Å². The van der Waals surface area contributed by atoms with E-state index in [0.717, 1.165) is 47.6 Å². The van der Waals surface area contributed by atoms with Gasteiger partial charge in [-0.1, -0.05) is 12.1 Å². The van der Waals surface area contributed by atoms with Crippen molar-refractivity contribution in [1.82, 2.24) is 4.98 Å². The van der Waals surface area contributed by atoms with Crippen LogP contribution < -0.4 is 10.6 Å². The molecule has 1 heterocycles. The first-order chi connectivity index (χ1) is 15.8. The number of nitrogens with one attached hydrogen (secondary N) is 1. The largest absolute Gasteiger partial charge is 0.409 e. The SMILES string of the molecule is C[C@@H](/C(=N/O)Nc1ccc(P(C)(C)=O)cc1)[C@H]1CC[C@@H](c2ccnc3ccc(F)cc32)CC1. The third-order valence-electron chi connectivity index (χ3n) is 6.96. The molecule has 1 aromatic heterocycles. The molecule has 1 aliphatic carbocycles. The van der Waals surface area contributed by atoms with Gasteiger partial charge in [-0.15, -0.1) is 0 Å². The first-order valence-electron chi connectivity index (χ1n) is 11.4. The van der Waals surface area contributed by atoms with E-state index in [-0.39, 0.29) is 11.7 Å². The van der Waals surface area contributed by atoms with Crippen LogP contribution in [0, 0.1) is 17.7 Å². The maximum atomic E-state index is 13.9. The van der Waals surface area contributed by atoms with Crippen LogP contribution in [-0.2, 0) is 4.57 Å². The molecule has 33 heavy (non-hydrogen) atoms. The van der Waals surface area contributed by atoms with E-state index in [1.54, 1.807) is 25.5 Å². The van der Waals surface area contributed by atoms with Gasteiger partial charge in [0.05, 0.1) is 5.52 Å². The van der Waals surface area contributed by atoms with E-state index in [1.165, 1.54) is 11.6 Å². The lowest BCUT2D eigenvalue weighted by molar-refractivity contribution is 0.273. The molecule has 0 amide bonds. The monoisotopic (exact) mass is 467 g/mol. The third kappa shape index (κ3) is 5.27. The smallest absolute Gasteiger partial charge is 0.149 e. The van der Waals surface area contributed by atoms with Gasteiger partial charge in [-0.2, -0.15) is 0 Å². The Bertz CT molecular complexity index is 1200. The number of pyridine rings is 1. The van der Waals surface area contributed by atoms with Gasteiger partial charge in [0.1, 0.15) is 18.8 Å². The zero-order valence-corrected chi connectivity index (χ0v) is 20.2. The number of aromatic nitrogens is 1. The van der Waals surface area contributed by atoms with E-state index >= 15 is 0 Å². The summed E-state index contributed by atoms with van der Waals surface area (Å²) < 4.78 is 26.1. The first-order valence-corrected chi connectivity index (χ1v) is 14.0. The Hall–Kier alpha value is -2.72. The van der Waals surface area contributed by atoms with Crippen molar-refractivity contribution < 1.29 is 14.2 Å². The van der Waals surface area contributed by atoms with Gasteiger partial charge in [-0.3, -0.25) is 4.98 Å². The number of amidine groups is 1. The third-order valence-corrected chi connectivity index (χ3v) is 8.50. The fourth-order valence-electron chi connectivity index (χ4n) is 4.93. The number of benzene rings is 2. The van der Waals surface area contributed by atoms with Crippen LogP contribution in [0.4, 0.5) is 10.1 Å². The maximum absolute atomic E-state index is 13.9. The van der Waals surface area contributed by atoms with Crippen LogP contribution in [0.25, 0.3) is 10.9 Å². The molecule has 2 aromatic carbocycles. The topological polar surface area (TPSA) is 74.6 Å². The second kappa shape index (κ2) is 9.64. The van der Waals surface area contributed by atoms with Gasteiger partial charge in [-0.05, 0) is 105 Å². The fourth-order valence-corrected chi connectivity index (χ4v) is 5.80. The zero-order valence-electron chi connectivity index (χ0n) is 19.3. The van der Waals surface area contributed by atoms with Crippen molar-refractivity contribution in [3.63, 3.8) is 0 Å². The van der Waals surface area contributed by atoms with Crippen LogP contribution in [0.15, 0.2) is 59.9 Å². The van der Waals surface area contributed by atoms with Crippen molar-refractivity contribution in [3.05, 3.63) is 66.1 Å². The van der Waals surface area contributed by atoms with Crippen molar-refractivity contribution in [2.24, 2.45) is 17.0 Å². The number of fused-ring (bicyclic) bond motifs is 1. The number of halogens is 1. The predicted molar refractivity (Wildman–Crippen MR) is 134 cm³/mol. The molecule has 4 rings (SSSR count). The minimum absolute atomic E-state index is 0.0608. The van der Waals surface area contributed by atoms with Gasteiger partial charge < -0.3 is 15.1 Å². The summed E-state index contributed by atoms with van der Waals surface area (Å²) in [6.07, 6.45) is 5.81. The van der Waals surface area contributed by atoms with Crippen LogP contribution in [0.5, 0.6) is 0 Å². The fraction of sp³-hybridized carbons (Fsp3) is 0.385. The molecule has 1 aliphatic rings. The van der Waals surface area contributed by atoms with Crippen molar-refractivity contribution in [2.45, 2.75) is 38.5 Å². The Labute approximate surface area is 194 Å². The van der Waals surface area contributed by atoms with E-state index in [0.29, 0.717) is 17.7 Å². The second-order valence-corrected chi connectivity index (χ2v) is 12.7. The van der Waals surface area contributed by atoms with Crippen molar-refractivity contribution in [3.8, 4) is 0 Å². The Balaban J connectivity index is 1.42. The summed E-state index contributed by atoms with van der Waals surface area (Å²) in [5, 5.41) is 18.2. The molecule has 0 aliphatic heterocycles. The Morgan fingerprint density at radius 2 is 1.82 bits per heavy atom. The van der Waals surface area contributed by atoms with Gasteiger partial charge in [0, 0.05) is 28.5 Å². The molecule has 0 saturated heterocycles. The Morgan fingerprint density at radius 1 is 1.12 bits per heavy atom. The molecular formula is C26H31FN3O2P. The number of hydrogen-bond donors (Lipinski definition) is 2. The van der Waals surface area contributed by atoms with Gasteiger partial charge in [-0.25, -0.2) is 4.39 Å². The average molecular weight is 468 g/mol. The summed E-state index contributed by atoms with van der Waals surface area (Å²) >= 11 is 0. The lowest BCUT2D eigenvalue weighted by atomic mass is 9.73. The average Bonchev–Trinajstić information content (AvgIpc) is 2.81. The minimum Gasteiger partial charge on any atom is -0.409 e. The van der Waals surface area contributed by atoms with E-state index in [1.807, 2.05) is 36.5 Å². The van der Waals surface area contributed by atoms with E-state index < -0.39 is 7.14 Å². The molecule has 3 aromatic rings. The molecule has 174 valence electrons. The zero-order chi connectivity index (χ0) is 23.6. The molecule has 0 radical (unpaired) electrons. The van der Waals surface area contributed by atoms with E-state index in [4.69, 9.17) is 0 Å². The summed E-state index contributed by atoms with van der Waals surface area (Å²) in [6.45, 7) is 5.59. The predicted octanol–water partition coefficient (Wildman–Crippen LogP) is 6.43. The van der Waals surface area contributed by atoms with Gasteiger partial charge in [0.15, 0.2) is 0 Å². The number of anilines is 1. The Kier molecular flexibility index (Phi) is 6.85. The highest BCUT2D eigenvalue weighted by Crippen LogP contribution is 2.41. The van der Waals surface area contributed by atoms with E-state index in [2.05, 4.69) is 22.4 Å². The Morgan fingerprint density at radius 3 is 2.45 bits per heavy atom. The maximum Gasteiger partial charge on any atom is 0.149 e. The lowest BCUT2D eigenvalue weighted by Gasteiger charge is -2.33. The highest BCUT2D eigenvalue weighted by atomic mass is 31.2. The van der Waals surface area contributed by atoms with Crippen LogP contribution >= 0.6 is 7.14 Å². The molecular weight excluding hydrogens is 436 g/mol. The molecule has 2 N–H and O–H groups in total. The number of nitrogens with zero attached hydrogens (tertiary/aromatic N) is 2. The summed E-state index contributed by atoms with van der Waals surface area (Å²) in [7, 11) is -2.30. The molecule has 0 unspecified atom stereocenters. The molecule has 1 fully saturated rings. The van der Waals surface area contributed by atoms with Gasteiger partial charge >= 0.3 is 0 Å². The number of oxime groups is 1. The quantitative estimate of drug-likeness (QED) is 0.149. The molecule has 1 atom stereocenters. The van der Waals surface area contributed by atoms with Gasteiger partial charge in [0.2, 0.25) is 0 Å². The summed E-state index contributed by atoms with van der Waals surface area (Å²) in [4.78, 5) is 4.38.